The molecule has 1 aliphatic rings. The fraction of sp³-hybridized carbons (Fsp3) is 0.320. The quantitative estimate of drug-likeness (QED) is 0.405. The van der Waals surface area contributed by atoms with Crippen molar-refractivity contribution >= 4 is 34.4 Å². The molecule has 36 heavy (non-hydrogen) atoms. The molecular formula is C25H28F2N8O. The Labute approximate surface area is 207 Å². The number of nitrogens with one attached hydrogen (secondary N) is 2. The Morgan fingerprint density at radius 3 is 2.56 bits per heavy atom. The number of anilines is 3. The molecule has 0 unspecified atom stereocenters. The van der Waals surface area contributed by atoms with Crippen molar-refractivity contribution in [3.05, 3.63) is 53.4 Å². The van der Waals surface area contributed by atoms with E-state index in [4.69, 9.17) is 4.74 Å². The summed E-state index contributed by atoms with van der Waals surface area (Å²) in [4.78, 5) is 16.1. The maximum Gasteiger partial charge on any atom is 0.326 e. The van der Waals surface area contributed by atoms with Gasteiger partial charge in [0.1, 0.15) is 11.6 Å². The summed E-state index contributed by atoms with van der Waals surface area (Å²) in [5.74, 6) is 0.0560. The molecule has 0 atom stereocenters. The summed E-state index contributed by atoms with van der Waals surface area (Å²) in [6.45, 7) is 6.94. The minimum atomic E-state index is -0.681. The molecule has 3 aromatic heterocycles. The molecule has 0 aliphatic carbocycles. The average molecular weight is 495 g/mol. The molecule has 4 heterocycles. The molecule has 11 heteroatoms. The molecule has 188 valence electrons. The summed E-state index contributed by atoms with van der Waals surface area (Å²) < 4.78 is 37.3. The molecule has 0 amide bonds. The number of rotatable bonds is 6. The van der Waals surface area contributed by atoms with E-state index in [-0.39, 0.29) is 22.7 Å². The minimum absolute atomic E-state index is 0.0940. The summed E-state index contributed by atoms with van der Waals surface area (Å²) >= 11 is 0. The normalized spacial score (nSPS) is 14.8. The first-order valence-corrected chi connectivity index (χ1v) is 11.7. The van der Waals surface area contributed by atoms with Gasteiger partial charge >= 0.3 is 6.01 Å². The van der Waals surface area contributed by atoms with E-state index in [1.807, 2.05) is 32.2 Å². The van der Waals surface area contributed by atoms with Gasteiger partial charge in [-0.2, -0.15) is 15.1 Å². The van der Waals surface area contributed by atoms with E-state index in [0.717, 1.165) is 37.9 Å². The molecule has 0 saturated carbocycles. The van der Waals surface area contributed by atoms with Gasteiger partial charge in [0.25, 0.3) is 0 Å². The van der Waals surface area contributed by atoms with Gasteiger partial charge in [-0.05, 0) is 33.0 Å². The molecule has 2 N–H and O–H groups in total. The maximum atomic E-state index is 15.2. The molecular weight excluding hydrogens is 466 g/mol. The van der Waals surface area contributed by atoms with Crippen LogP contribution in [-0.2, 0) is 7.05 Å². The van der Waals surface area contributed by atoms with Crippen molar-refractivity contribution in [2.75, 3.05) is 43.4 Å². The molecule has 1 aliphatic heterocycles. The van der Waals surface area contributed by atoms with Crippen LogP contribution >= 0.6 is 0 Å². The van der Waals surface area contributed by atoms with Gasteiger partial charge in [-0.3, -0.25) is 4.68 Å². The lowest BCUT2D eigenvalue weighted by atomic mass is 10.2. The van der Waals surface area contributed by atoms with Gasteiger partial charge in [-0.15, -0.1) is 0 Å². The monoisotopic (exact) mass is 494 g/mol. The number of H-pyrrole nitrogens is 1. The highest BCUT2D eigenvalue weighted by Crippen LogP contribution is 2.33. The second-order valence-electron chi connectivity index (χ2n) is 8.90. The molecule has 1 saturated heterocycles. The first-order valence-electron chi connectivity index (χ1n) is 11.7. The van der Waals surface area contributed by atoms with Crippen LogP contribution in [0.5, 0.6) is 11.8 Å². The van der Waals surface area contributed by atoms with E-state index in [1.165, 1.54) is 0 Å². The number of benzene rings is 1. The SMILES string of the molecule is C/C=C\c1cc(Nc2cc(N3CCN(C)CC3)nc(Oc3cc(F)c4[nH]c(C)cc4c3F)n2)nn1C. The standard InChI is InChI=1S/C25H28F2N8O/c1-5-6-16-12-21(32-34(16)4)29-20-14-22(35-9-7-33(3)8-10-35)31-25(30-20)36-19-13-18(26)24-17(23(19)27)11-15(2)28-24/h5-6,11-14,28H,7-10H2,1-4H3,(H,29,30,31,32)/b6-5-. The predicted molar refractivity (Wildman–Crippen MR) is 136 cm³/mol. The average Bonchev–Trinajstić information content (AvgIpc) is 3.40. The van der Waals surface area contributed by atoms with Crippen LogP contribution in [0, 0.1) is 18.6 Å². The Balaban J connectivity index is 1.51. The van der Waals surface area contributed by atoms with Crippen molar-refractivity contribution in [2.24, 2.45) is 7.05 Å². The van der Waals surface area contributed by atoms with E-state index in [9.17, 15) is 4.39 Å². The van der Waals surface area contributed by atoms with E-state index in [0.29, 0.717) is 23.1 Å². The first kappa shape index (κ1) is 23.7. The topological polar surface area (TPSA) is 87.1 Å². The van der Waals surface area contributed by atoms with E-state index in [2.05, 4.69) is 42.2 Å². The maximum absolute atomic E-state index is 15.2. The number of hydrogen-bond acceptors (Lipinski definition) is 7. The van der Waals surface area contributed by atoms with Gasteiger partial charge < -0.3 is 24.8 Å². The summed E-state index contributed by atoms with van der Waals surface area (Å²) in [5.41, 5.74) is 1.66. The van der Waals surface area contributed by atoms with Crippen molar-refractivity contribution in [1.29, 1.82) is 0 Å². The van der Waals surface area contributed by atoms with Crippen molar-refractivity contribution in [3.63, 3.8) is 0 Å². The summed E-state index contributed by atoms with van der Waals surface area (Å²) in [6, 6.07) is 6.14. The van der Waals surface area contributed by atoms with Gasteiger partial charge in [-0.25, -0.2) is 8.78 Å². The largest absolute Gasteiger partial charge is 0.421 e. The van der Waals surface area contributed by atoms with Crippen molar-refractivity contribution in [3.8, 4) is 11.8 Å². The highest BCUT2D eigenvalue weighted by atomic mass is 19.1. The summed E-state index contributed by atoms with van der Waals surface area (Å²) in [5, 5.41) is 7.77. The Hall–Kier alpha value is -3.99. The zero-order valence-corrected chi connectivity index (χ0v) is 20.6. The number of nitrogens with zero attached hydrogens (tertiary/aromatic N) is 6. The van der Waals surface area contributed by atoms with Gasteiger partial charge in [0.2, 0.25) is 0 Å². The van der Waals surface area contributed by atoms with E-state index < -0.39 is 11.6 Å². The number of likely N-dealkylation sites (N-methyl/N-ethyl adjacent to an activating group) is 1. The number of aromatic nitrogens is 5. The molecule has 0 bridgehead atoms. The third-order valence-electron chi connectivity index (χ3n) is 6.13. The molecule has 1 fully saturated rings. The van der Waals surface area contributed by atoms with Gasteiger partial charge in [-0.1, -0.05) is 6.08 Å². The van der Waals surface area contributed by atoms with Crippen LogP contribution in [0.1, 0.15) is 18.3 Å². The van der Waals surface area contributed by atoms with Crippen molar-refractivity contribution in [1.82, 2.24) is 29.6 Å². The summed E-state index contributed by atoms with van der Waals surface area (Å²) in [6.07, 6.45) is 3.87. The Kier molecular flexibility index (Phi) is 6.31. The highest BCUT2D eigenvalue weighted by molar-refractivity contribution is 5.83. The van der Waals surface area contributed by atoms with Crippen LogP contribution in [0.15, 0.2) is 30.3 Å². The van der Waals surface area contributed by atoms with E-state index >= 15 is 4.39 Å². The fourth-order valence-corrected chi connectivity index (χ4v) is 4.23. The van der Waals surface area contributed by atoms with Gasteiger partial charge in [0, 0.05) is 62.5 Å². The van der Waals surface area contributed by atoms with Crippen LogP contribution in [0.3, 0.4) is 0 Å². The van der Waals surface area contributed by atoms with Crippen LogP contribution in [0.4, 0.5) is 26.2 Å². The van der Waals surface area contributed by atoms with Crippen molar-refractivity contribution < 1.29 is 13.5 Å². The van der Waals surface area contributed by atoms with Gasteiger partial charge in [0.15, 0.2) is 23.2 Å². The number of allylic oxidation sites excluding steroid dienone is 1. The van der Waals surface area contributed by atoms with Crippen molar-refractivity contribution in [2.45, 2.75) is 13.8 Å². The molecule has 1 aromatic carbocycles. The molecule has 9 nitrogen and oxygen atoms in total. The van der Waals surface area contributed by atoms with Crippen LogP contribution in [-0.4, -0.2) is 62.9 Å². The molecule has 0 radical (unpaired) electrons. The first-order chi connectivity index (χ1) is 17.3. The zero-order valence-electron chi connectivity index (χ0n) is 20.6. The minimum Gasteiger partial charge on any atom is -0.421 e. The Morgan fingerprint density at radius 2 is 1.81 bits per heavy atom. The molecule has 4 aromatic rings. The number of aromatic amines is 1. The third-order valence-corrected chi connectivity index (χ3v) is 6.13. The molecule has 5 rings (SSSR count). The second kappa shape index (κ2) is 9.57. The van der Waals surface area contributed by atoms with Crippen LogP contribution in [0.2, 0.25) is 0 Å². The third kappa shape index (κ3) is 4.74. The lowest BCUT2D eigenvalue weighted by Crippen LogP contribution is -2.44. The highest BCUT2D eigenvalue weighted by Gasteiger charge is 2.21. The number of hydrogen-bond donors (Lipinski definition) is 2. The Morgan fingerprint density at radius 1 is 1.03 bits per heavy atom. The van der Waals surface area contributed by atoms with Crippen LogP contribution < -0.4 is 15.0 Å². The zero-order chi connectivity index (χ0) is 25.4. The number of ether oxygens (including phenoxy) is 1. The lowest BCUT2D eigenvalue weighted by molar-refractivity contribution is 0.311. The van der Waals surface area contributed by atoms with Gasteiger partial charge in [0.05, 0.1) is 11.2 Å². The second-order valence-corrected chi connectivity index (χ2v) is 8.90. The summed E-state index contributed by atoms with van der Waals surface area (Å²) in [7, 11) is 3.92. The smallest absolute Gasteiger partial charge is 0.326 e. The number of piperazine rings is 1. The lowest BCUT2D eigenvalue weighted by Gasteiger charge is -2.33. The Bertz CT molecular complexity index is 1440. The number of halogens is 2. The fourth-order valence-electron chi connectivity index (χ4n) is 4.23. The number of fused-ring (bicyclic) bond motifs is 1. The predicted octanol–water partition coefficient (Wildman–Crippen LogP) is 4.60. The van der Waals surface area contributed by atoms with E-state index in [1.54, 1.807) is 23.7 Å². The number of aryl methyl sites for hydroxylation is 2. The molecule has 0 spiro atoms. The van der Waals surface area contributed by atoms with Crippen LogP contribution in [0.25, 0.3) is 17.0 Å².